The van der Waals surface area contributed by atoms with Crippen LogP contribution in [0, 0.1) is 0 Å². The molecule has 0 saturated heterocycles. The second-order valence-corrected chi connectivity index (χ2v) is 3.41. The molecule has 0 radical (unpaired) electrons. The minimum atomic E-state index is 0.0605. The molecule has 3 heteroatoms. The van der Waals surface area contributed by atoms with Crippen molar-refractivity contribution in [1.82, 2.24) is 9.55 Å². The van der Waals surface area contributed by atoms with Crippen LogP contribution in [0.25, 0.3) is 11.0 Å². The number of hydrogen-bond donors (Lipinski definition) is 1. The van der Waals surface area contributed by atoms with E-state index in [0.29, 0.717) is 0 Å². The van der Waals surface area contributed by atoms with E-state index in [1.165, 1.54) is 0 Å². The van der Waals surface area contributed by atoms with E-state index in [0.717, 1.165) is 23.1 Å². The molecule has 0 bridgehead atoms. The molecule has 0 spiro atoms. The number of nitrogens with zero attached hydrogens (tertiary/aromatic N) is 2. The summed E-state index contributed by atoms with van der Waals surface area (Å²) in [5.41, 5.74) is 1.86. The monoisotopic (exact) mass is 202 g/mol. The van der Waals surface area contributed by atoms with Crippen LogP contribution in [0.15, 0.2) is 36.7 Å². The third-order valence-electron chi connectivity index (χ3n) is 2.42. The molecule has 2 aromatic heterocycles. The van der Waals surface area contributed by atoms with Gasteiger partial charge in [-0.15, -0.1) is 0 Å². The Kier molecular flexibility index (Phi) is 2.83. The van der Waals surface area contributed by atoms with Gasteiger partial charge in [0.05, 0.1) is 6.61 Å². The Balaban J connectivity index is 2.54. The highest BCUT2D eigenvalue weighted by molar-refractivity contribution is 5.80. The Morgan fingerprint density at radius 3 is 3.13 bits per heavy atom. The van der Waals surface area contributed by atoms with Crippen molar-refractivity contribution in [3.8, 4) is 0 Å². The van der Waals surface area contributed by atoms with Crippen LogP contribution in [0.4, 0.5) is 0 Å². The normalized spacial score (nSPS) is 11.6. The number of allylic oxidation sites excluding steroid dienone is 2. The zero-order valence-corrected chi connectivity index (χ0v) is 8.72. The van der Waals surface area contributed by atoms with E-state index in [4.69, 9.17) is 0 Å². The molecular formula is C12H14N2O. The van der Waals surface area contributed by atoms with E-state index in [1.54, 1.807) is 6.20 Å². The van der Waals surface area contributed by atoms with E-state index in [-0.39, 0.29) is 6.61 Å². The van der Waals surface area contributed by atoms with E-state index < -0.39 is 0 Å². The summed E-state index contributed by atoms with van der Waals surface area (Å²) >= 11 is 0. The third kappa shape index (κ3) is 1.78. The quantitative estimate of drug-likeness (QED) is 0.774. The molecular weight excluding hydrogens is 188 g/mol. The summed E-state index contributed by atoms with van der Waals surface area (Å²) in [5, 5.41) is 10.2. The lowest BCUT2D eigenvalue weighted by Crippen LogP contribution is -1.93. The van der Waals surface area contributed by atoms with Crippen LogP contribution in [0.1, 0.15) is 12.5 Å². The van der Waals surface area contributed by atoms with Crippen molar-refractivity contribution < 1.29 is 5.11 Å². The highest BCUT2D eigenvalue weighted by Gasteiger charge is 2.06. The minimum Gasteiger partial charge on any atom is -0.392 e. The molecule has 0 aromatic carbocycles. The summed E-state index contributed by atoms with van der Waals surface area (Å²) in [7, 11) is 0. The fourth-order valence-corrected chi connectivity index (χ4v) is 1.68. The molecule has 2 rings (SSSR count). The highest BCUT2D eigenvalue weighted by Crippen LogP contribution is 2.19. The number of pyridine rings is 1. The molecule has 2 heterocycles. The van der Waals surface area contributed by atoms with Crippen molar-refractivity contribution >= 4 is 11.0 Å². The van der Waals surface area contributed by atoms with Crippen LogP contribution < -0.4 is 0 Å². The molecule has 2 aromatic rings. The molecule has 0 saturated carbocycles. The maximum absolute atomic E-state index is 9.22. The second-order valence-electron chi connectivity index (χ2n) is 3.41. The zero-order chi connectivity index (χ0) is 10.7. The second kappa shape index (κ2) is 4.28. The molecule has 3 nitrogen and oxygen atoms in total. The number of aliphatic hydroxyl groups excluding tert-OH is 1. The van der Waals surface area contributed by atoms with Gasteiger partial charge in [0.2, 0.25) is 0 Å². The number of fused-ring (bicyclic) bond motifs is 1. The molecule has 0 amide bonds. The summed E-state index contributed by atoms with van der Waals surface area (Å²) in [6, 6.07) is 3.88. The SMILES string of the molecule is CC=CCn1cc(CO)c2cccnc21. The molecule has 0 atom stereocenters. The predicted molar refractivity (Wildman–Crippen MR) is 60.5 cm³/mol. The van der Waals surface area contributed by atoms with Crippen molar-refractivity contribution in [1.29, 1.82) is 0 Å². The third-order valence-corrected chi connectivity index (χ3v) is 2.42. The van der Waals surface area contributed by atoms with Crippen LogP contribution in [0.5, 0.6) is 0 Å². The fourth-order valence-electron chi connectivity index (χ4n) is 1.68. The van der Waals surface area contributed by atoms with Crippen molar-refractivity contribution in [2.45, 2.75) is 20.1 Å². The number of aliphatic hydroxyl groups is 1. The molecule has 1 N–H and O–H groups in total. The maximum atomic E-state index is 9.22. The predicted octanol–water partition coefficient (Wildman–Crippen LogP) is 2.10. The van der Waals surface area contributed by atoms with Gasteiger partial charge < -0.3 is 9.67 Å². The Morgan fingerprint density at radius 2 is 2.40 bits per heavy atom. The average molecular weight is 202 g/mol. The zero-order valence-electron chi connectivity index (χ0n) is 8.72. The smallest absolute Gasteiger partial charge is 0.140 e. The first-order chi connectivity index (χ1) is 7.36. The minimum absolute atomic E-state index is 0.0605. The van der Waals surface area contributed by atoms with Gasteiger partial charge in [0, 0.05) is 29.9 Å². The summed E-state index contributed by atoms with van der Waals surface area (Å²) in [5.74, 6) is 0. The molecule has 0 fully saturated rings. The summed E-state index contributed by atoms with van der Waals surface area (Å²) in [6.07, 6.45) is 7.80. The Labute approximate surface area is 88.7 Å². The van der Waals surface area contributed by atoms with E-state index in [1.807, 2.05) is 35.9 Å². The van der Waals surface area contributed by atoms with Crippen LogP contribution in [0.3, 0.4) is 0 Å². The fraction of sp³-hybridized carbons (Fsp3) is 0.250. The molecule has 0 aliphatic rings. The molecule has 78 valence electrons. The van der Waals surface area contributed by atoms with Gasteiger partial charge in [0.25, 0.3) is 0 Å². The van der Waals surface area contributed by atoms with Crippen molar-refractivity contribution in [3.63, 3.8) is 0 Å². The van der Waals surface area contributed by atoms with Crippen molar-refractivity contribution in [2.24, 2.45) is 0 Å². The number of aromatic nitrogens is 2. The Bertz CT molecular complexity index is 485. The van der Waals surface area contributed by atoms with Gasteiger partial charge in [-0.25, -0.2) is 4.98 Å². The molecule has 0 aliphatic heterocycles. The lowest BCUT2D eigenvalue weighted by molar-refractivity contribution is 0.283. The van der Waals surface area contributed by atoms with Gasteiger partial charge in [-0.05, 0) is 19.1 Å². The van der Waals surface area contributed by atoms with Gasteiger partial charge >= 0.3 is 0 Å². The van der Waals surface area contributed by atoms with Gasteiger partial charge in [0.1, 0.15) is 5.65 Å². The van der Waals surface area contributed by atoms with Crippen molar-refractivity contribution in [2.75, 3.05) is 0 Å². The van der Waals surface area contributed by atoms with Gasteiger partial charge in [0.15, 0.2) is 0 Å². The average Bonchev–Trinajstić information content (AvgIpc) is 2.65. The first-order valence-electron chi connectivity index (χ1n) is 5.01. The first-order valence-corrected chi connectivity index (χ1v) is 5.01. The lowest BCUT2D eigenvalue weighted by atomic mass is 10.2. The van der Waals surface area contributed by atoms with Crippen LogP contribution in [0.2, 0.25) is 0 Å². The first kappa shape index (κ1) is 9.93. The highest BCUT2D eigenvalue weighted by atomic mass is 16.3. The number of rotatable bonds is 3. The number of hydrogen-bond acceptors (Lipinski definition) is 2. The summed E-state index contributed by atoms with van der Waals surface area (Å²) in [6.45, 7) is 2.85. The molecule has 0 unspecified atom stereocenters. The van der Waals surface area contributed by atoms with Crippen LogP contribution in [-0.4, -0.2) is 14.7 Å². The van der Waals surface area contributed by atoms with Gasteiger partial charge in [-0.2, -0.15) is 0 Å². The Morgan fingerprint density at radius 1 is 1.53 bits per heavy atom. The summed E-state index contributed by atoms with van der Waals surface area (Å²) < 4.78 is 2.04. The van der Waals surface area contributed by atoms with E-state index in [9.17, 15) is 5.11 Å². The maximum Gasteiger partial charge on any atom is 0.140 e. The van der Waals surface area contributed by atoms with Crippen molar-refractivity contribution in [3.05, 3.63) is 42.2 Å². The standard InChI is InChI=1S/C12H14N2O/c1-2-3-7-14-8-10(9-15)11-5-4-6-13-12(11)14/h2-6,8,15H,7,9H2,1H3. The Hall–Kier alpha value is -1.61. The molecule has 0 aliphatic carbocycles. The van der Waals surface area contributed by atoms with Gasteiger partial charge in [-0.1, -0.05) is 12.2 Å². The van der Waals surface area contributed by atoms with Crippen LogP contribution >= 0.6 is 0 Å². The lowest BCUT2D eigenvalue weighted by Gasteiger charge is -1.98. The van der Waals surface area contributed by atoms with Gasteiger partial charge in [-0.3, -0.25) is 0 Å². The molecule has 15 heavy (non-hydrogen) atoms. The largest absolute Gasteiger partial charge is 0.392 e. The van der Waals surface area contributed by atoms with E-state index >= 15 is 0 Å². The topological polar surface area (TPSA) is 38.0 Å². The van der Waals surface area contributed by atoms with E-state index in [2.05, 4.69) is 11.1 Å². The van der Waals surface area contributed by atoms with Crippen LogP contribution in [-0.2, 0) is 13.2 Å². The summed E-state index contributed by atoms with van der Waals surface area (Å²) in [4.78, 5) is 4.32.